The van der Waals surface area contributed by atoms with E-state index in [-0.39, 0.29) is 5.41 Å². The zero-order valence-corrected chi connectivity index (χ0v) is 9.36. The van der Waals surface area contributed by atoms with E-state index < -0.39 is 17.7 Å². The molecular formula is C11H18N2O2. The Morgan fingerprint density at radius 1 is 1.40 bits per heavy atom. The topological polar surface area (TPSA) is 78.3 Å². The molecule has 1 aliphatic carbocycles. The number of carbonyl (C=O) groups is 1. The van der Waals surface area contributed by atoms with E-state index in [1.165, 1.54) is 0 Å². The number of hydrogen-bond donors (Lipinski definition) is 2. The van der Waals surface area contributed by atoms with Crippen LogP contribution in [-0.2, 0) is 4.74 Å². The van der Waals surface area contributed by atoms with Crippen molar-refractivity contribution >= 4 is 6.09 Å². The highest BCUT2D eigenvalue weighted by atomic mass is 16.6. The second-order valence-electron chi connectivity index (χ2n) is 4.78. The van der Waals surface area contributed by atoms with Crippen molar-refractivity contribution in [3.8, 4) is 0 Å². The van der Waals surface area contributed by atoms with Crippen molar-refractivity contribution in [2.45, 2.75) is 32.4 Å². The molecule has 0 aromatic carbocycles. The highest BCUT2D eigenvalue weighted by Crippen LogP contribution is 2.35. The molecule has 1 amide bonds. The summed E-state index contributed by atoms with van der Waals surface area (Å²) >= 11 is 0. The maximum atomic E-state index is 10.8. The molecule has 15 heavy (non-hydrogen) atoms. The van der Waals surface area contributed by atoms with Gasteiger partial charge >= 0.3 is 6.09 Å². The average molecular weight is 210 g/mol. The van der Waals surface area contributed by atoms with Gasteiger partial charge in [0.1, 0.15) is 6.10 Å². The molecule has 4 N–H and O–H groups in total. The molecule has 1 aliphatic rings. The van der Waals surface area contributed by atoms with E-state index >= 15 is 0 Å². The first kappa shape index (κ1) is 11.8. The molecule has 1 rings (SSSR count). The lowest BCUT2D eigenvalue weighted by atomic mass is 9.69. The molecule has 0 aromatic rings. The van der Waals surface area contributed by atoms with Crippen LogP contribution in [-0.4, -0.2) is 17.7 Å². The summed E-state index contributed by atoms with van der Waals surface area (Å²) < 4.78 is 5.01. The average Bonchev–Trinajstić information content (AvgIpc) is 2.06. The number of carbonyl (C=O) groups excluding carboxylic acids is 1. The fourth-order valence-corrected chi connectivity index (χ4v) is 1.57. The monoisotopic (exact) mass is 210 g/mol. The summed E-state index contributed by atoms with van der Waals surface area (Å²) in [4.78, 5) is 10.8. The predicted octanol–water partition coefficient (Wildman–Crippen LogP) is 1.32. The summed E-state index contributed by atoms with van der Waals surface area (Å²) in [5.41, 5.74) is 10.3. The number of hydrogen-bond acceptors (Lipinski definition) is 3. The van der Waals surface area contributed by atoms with Crippen molar-refractivity contribution in [1.82, 2.24) is 0 Å². The van der Waals surface area contributed by atoms with Crippen molar-refractivity contribution in [2.75, 3.05) is 0 Å². The fourth-order valence-electron chi connectivity index (χ4n) is 1.57. The van der Waals surface area contributed by atoms with Gasteiger partial charge in [-0.15, -0.1) is 0 Å². The molecule has 4 nitrogen and oxygen atoms in total. The molecule has 0 saturated carbocycles. The molecule has 0 heterocycles. The largest absolute Gasteiger partial charge is 0.440 e. The maximum Gasteiger partial charge on any atom is 0.405 e. The van der Waals surface area contributed by atoms with E-state index in [0.29, 0.717) is 0 Å². The van der Waals surface area contributed by atoms with Crippen LogP contribution in [0.15, 0.2) is 24.3 Å². The van der Waals surface area contributed by atoms with Crippen molar-refractivity contribution in [3.63, 3.8) is 0 Å². The van der Waals surface area contributed by atoms with Gasteiger partial charge in [-0.05, 0) is 11.5 Å². The molecule has 0 aromatic heterocycles. The Labute approximate surface area is 90.0 Å². The van der Waals surface area contributed by atoms with E-state index in [9.17, 15) is 4.79 Å². The van der Waals surface area contributed by atoms with E-state index in [1.54, 1.807) is 12.2 Å². The van der Waals surface area contributed by atoms with Crippen LogP contribution in [0.3, 0.4) is 0 Å². The Kier molecular flexibility index (Phi) is 2.90. The molecule has 4 heteroatoms. The van der Waals surface area contributed by atoms with E-state index in [1.807, 2.05) is 32.9 Å². The van der Waals surface area contributed by atoms with Gasteiger partial charge in [0.15, 0.2) is 0 Å². The summed E-state index contributed by atoms with van der Waals surface area (Å²) in [7, 11) is 0. The molecule has 84 valence electrons. The second kappa shape index (κ2) is 3.70. The zero-order valence-electron chi connectivity index (χ0n) is 9.36. The maximum absolute atomic E-state index is 10.8. The summed E-state index contributed by atoms with van der Waals surface area (Å²) in [6, 6.07) is 0. The second-order valence-corrected chi connectivity index (χ2v) is 4.78. The number of allylic oxidation sites excluding steroid dienone is 2. The van der Waals surface area contributed by atoms with Crippen LogP contribution in [0.25, 0.3) is 0 Å². The van der Waals surface area contributed by atoms with E-state index in [2.05, 4.69) is 0 Å². The van der Waals surface area contributed by atoms with Crippen molar-refractivity contribution < 1.29 is 9.53 Å². The van der Waals surface area contributed by atoms with Crippen LogP contribution in [0.5, 0.6) is 0 Å². The Morgan fingerprint density at radius 3 is 2.47 bits per heavy atom. The third-order valence-corrected chi connectivity index (χ3v) is 2.78. The molecule has 0 radical (unpaired) electrons. The molecule has 2 unspecified atom stereocenters. The number of rotatable bonds is 1. The Bertz CT molecular complexity index is 315. The van der Waals surface area contributed by atoms with Gasteiger partial charge in [0, 0.05) is 0 Å². The van der Waals surface area contributed by atoms with Gasteiger partial charge in [-0.1, -0.05) is 39.0 Å². The van der Waals surface area contributed by atoms with Crippen LogP contribution >= 0.6 is 0 Å². The van der Waals surface area contributed by atoms with Crippen LogP contribution in [0.2, 0.25) is 0 Å². The lowest BCUT2D eigenvalue weighted by Crippen LogP contribution is -2.60. The number of ether oxygens (including phenoxy) is 1. The minimum atomic E-state index is -0.806. The van der Waals surface area contributed by atoms with Crippen LogP contribution in [0.1, 0.15) is 20.8 Å². The van der Waals surface area contributed by atoms with Gasteiger partial charge in [-0.25, -0.2) is 4.79 Å². The lowest BCUT2D eigenvalue weighted by molar-refractivity contribution is 0.0534. The first-order chi connectivity index (χ1) is 6.77. The van der Waals surface area contributed by atoms with Gasteiger partial charge in [0.25, 0.3) is 0 Å². The number of nitrogens with two attached hydrogens (primary N) is 2. The Morgan fingerprint density at radius 2 is 2.00 bits per heavy atom. The van der Waals surface area contributed by atoms with Crippen molar-refractivity contribution in [3.05, 3.63) is 24.3 Å². The van der Waals surface area contributed by atoms with Crippen molar-refractivity contribution in [1.29, 1.82) is 0 Å². The molecule has 0 fully saturated rings. The summed E-state index contributed by atoms with van der Waals surface area (Å²) in [6.07, 6.45) is 5.92. The van der Waals surface area contributed by atoms with Crippen molar-refractivity contribution in [2.24, 2.45) is 16.9 Å². The first-order valence-corrected chi connectivity index (χ1v) is 4.88. The van der Waals surface area contributed by atoms with Gasteiger partial charge < -0.3 is 16.2 Å². The summed E-state index contributed by atoms with van der Waals surface area (Å²) in [5.74, 6) is 0. The minimum Gasteiger partial charge on any atom is -0.440 e. The molecule has 0 aliphatic heterocycles. The fraction of sp³-hybridized carbons (Fsp3) is 0.545. The van der Waals surface area contributed by atoms with Gasteiger partial charge in [0.2, 0.25) is 0 Å². The Balaban J connectivity index is 2.99. The highest BCUT2D eigenvalue weighted by Gasteiger charge is 2.44. The highest BCUT2D eigenvalue weighted by molar-refractivity contribution is 5.65. The van der Waals surface area contributed by atoms with Crippen LogP contribution < -0.4 is 11.5 Å². The van der Waals surface area contributed by atoms with E-state index in [0.717, 1.165) is 0 Å². The molecule has 0 spiro atoms. The summed E-state index contributed by atoms with van der Waals surface area (Å²) in [5, 5.41) is 0. The van der Waals surface area contributed by atoms with Gasteiger partial charge in [-0.3, -0.25) is 0 Å². The summed E-state index contributed by atoms with van der Waals surface area (Å²) in [6.45, 7) is 5.98. The van der Waals surface area contributed by atoms with Gasteiger partial charge in [0.05, 0.1) is 5.54 Å². The first-order valence-electron chi connectivity index (χ1n) is 4.88. The molecule has 0 bridgehead atoms. The van der Waals surface area contributed by atoms with Crippen LogP contribution in [0, 0.1) is 5.41 Å². The minimum absolute atomic E-state index is 0.228. The Hall–Kier alpha value is -1.29. The number of primary amides is 1. The third kappa shape index (κ3) is 2.21. The molecule has 2 atom stereocenters. The smallest absolute Gasteiger partial charge is 0.405 e. The third-order valence-electron chi connectivity index (χ3n) is 2.78. The lowest BCUT2D eigenvalue weighted by Gasteiger charge is -2.44. The predicted molar refractivity (Wildman–Crippen MR) is 59.1 cm³/mol. The zero-order chi connectivity index (χ0) is 11.7. The quantitative estimate of drug-likeness (QED) is 0.685. The van der Waals surface area contributed by atoms with Gasteiger partial charge in [-0.2, -0.15) is 0 Å². The standard InChI is InChI=1S/C11H18N2O2/c1-10(2,3)11(13)7-5-4-6-8(11)15-9(12)14/h4-8H,13H2,1-3H3,(H2,12,14). The molecule has 0 saturated heterocycles. The van der Waals surface area contributed by atoms with Crippen LogP contribution in [0.4, 0.5) is 4.79 Å². The molecular weight excluding hydrogens is 192 g/mol. The van der Waals surface area contributed by atoms with E-state index in [4.69, 9.17) is 16.2 Å². The SMILES string of the molecule is CC(C)(C)C1(N)C=CC=CC1OC(N)=O. The number of amides is 1. The normalized spacial score (nSPS) is 30.3.